The normalized spacial score (nSPS) is 21.9. The Morgan fingerprint density at radius 2 is 2.05 bits per heavy atom. The molecule has 1 aliphatic rings. The standard InChI is InChI=1S/C16H26N2O2.ClH/c1-4-7-20-16-8-13(5-6-15(16)19-3)10-18-9-12(2)14(17)11-18;/h5-6,8,12,14H,4,7,9-11,17H2,1-3H3;1H. The molecule has 2 unspecified atom stereocenters. The molecule has 1 aromatic carbocycles. The van der Waals surface area contributed by atoms with Crippen molar-refractivity contribution in [2.45, 2.75) is 32.9 Å². The van der Waals surface area contributed by atoms with Crippen LogP contribution in [0.2, 0.25) is 0 Å². The van der Waals surface area contributed by atoms with E-state index in [9.17, 15) is 0 Å². The minimum Gasteiger partial charge on any atom is -0.493 e. The fraction of sp³-hybridized carbons (Fsp3) is 0.625. The molecule has 120 valence electrons. The molecule has 1 saturated heterocycles. The molecule has 0 radical (unpaired) electrons. The highest BCUT2D eigenvalue weighted by Crippen LogP contribution is 2.29. The van der Waals surface area contributed by atoms with Crippen LogP contribution in [0.15, 0.2) is 18.2 Å². The molecule has 2 N–H and O–H groups in total. The number of nitrogens with zero attached hydrogens (tertiary/aromatic N) is 1. The largest absolute Gasteiger partial charge is 0.493 e. The predicted molar refractivity (Wildman–Crippen MR) is 88.4 cm³/mol. The van der Waals surface area contributed by atoms with Gasteiger partial charge in [0.25, 0.3) is 0 Å². The second-order valence-corrected chi connectivity index (χ2v) is 5.67. The van der Waals surface area contributed by atoms with Crippen molar-refractivity contribution in [1.29, 1.82) is 0 Å². The van der Waals surface area contributed by atoms with Crippen LogP contribution in [-0.2, 0) is 6.54 Å². The average molecular weight is 315 g/mol. The maximum Gasteiger partial charge on any atom is 0.161 e. The summed E-state index contributed by atoms with van der Waals surface area (Å²) < 4.78 is 11.1. The van der Waals surface area contributed by atoms with Gasteiger partial charge >= 0.3 is 0 Å². The molecular weight excluding hydrogens is 288 g/mol. The molecular formula is C16H27ClN2O2. The maximum atomic E-state index is 6.08. The Kier molecular flexibility index (Phi) is 7.29. The van der Waals surface area contributed by atoms with Crippen LogP contribution in [0, 0.1) is 5.92 Å². The van der Waals surface area contributed by atoms with Gasteiger partial charge in [-0.3, -0.25) is 4.90 Å². The van der Waals surface area contributed by atoms with Gasteiger partial charge in [0.15, 0.2) is 11.5 Å². The Balaban J connectivity index is 0.00000220. The van der Waals surface area contributed by atoms with Crippen molar-refractivity contribution >= 4 is 12.4 Å². The lowest BCUT2D eigenvalue weighted by Gasteiger charge is -2.17. The van der Waals surface area contributed by atoms with E-state index in [2.05, 4.69) is 30.9 Å². The van der Waals surface area contributed by atoms with Gasteiger partial charge in [-0.15, -0.1) is 12.4 Å². The number of ether oxygens (including phenoxy) is 2. The fourth-order valence-corrected chi connectivity index (χ4v) is 2.63. The van der Waals surface area contributed by atoms with Crippen molar-refractivity contribution in [1.82, 2.24) is 4.90 Å². The lowest BCUT2D eigenvalue weighted by Crippen LogP contribution is -2.28. The maximum absolute atomic E-state index is 6.08. The lowest BCUT2D eigenvalue weighted by atomic mass is 10.1. The predicted octanol–water partition coefficient (Wildman–Crippen LogP) is 2.68. The Morgan fingerprint density at radius 3 is 2.62 bits per heavy atom. The van der Waals surface area contributed by atoms with E-state index in [4.69, 9.17) is 15.2 Å². The fourth-order valence-electron chi connectivity index (χ4n) is 2.63. The van der Waals surface area contributed by atoms with E-state index >= 15 is 0 Å². The second-order valence-electron chi connectivity index (χ2n) is 5.67. The minimum absolute atomic E-state index is 0. The van der Waals surface area contributed by atoms with Crippen LogP contribution in [-0.4, -0.2) is 37.7 Å². The zero-order chi connectivity index (χ0) is 14.5. The van der Waals surface area contributed by atoms with Crippen molar-refractivity contribution in [2.75, 3.05) is 26.8 Å². The number of nitrogens with two attached hydrogens (primary N) is 1. The number of methoxy groups -OCH3 is 1. The van der Waals surface area contributed by atoms with Crippen LogP contribution in [0.4, 0.5) is 0 Å². The summed E-state index contributed by atoms with van der Waals surface area (Å²) in [6, 6.07) is 6.47. The summed E-state index contributed by atoms with van der Waals surface area (Å²) in [5, 5.41) is 0. The van der Waals surface area contributed by atoms with Crippen molar-refractivity contribution in [2.24, 2.45) is 11.7 Å². The molecule has 5 heteroatoms. The number of hydrogen-bond acceptors (Lipinski definition) is 4. The molecule has 1 aliphatic heterocycles. The first-order valence-corrected chi connectivity index (χ1v) is 7.41. The van der Waals surface area contributed by atoms with Crippen molar-refractivity contribution in [3.63, 3.8) is 0 Å². The van der Waals surface area contributed by atoms with Gasteiger partial charge in [0.1, 0.15) is 0 Å². The van der Waals surface area contributed by atoms with Crippen molar-refractivity contribution in [3.05, 3.63) is 23.8 Å². The quantitative estimate of drug-likeness (QED) is 0.877. The zero-order valence-electron chi connectivity index (χ0n) is 13.2. The monoisotopic (exact) mass is 314 g/mol. The smallest absolute Gasteiger partial charge is 0.161 e. The van der Waals surface area contributed by atoms with Crippen LogP contribution in [0.5, 0.6) is 11.5 Å². The summed E-state index contributed by atoms with van der Waals surface area (Å²) in [7, 11) is 1.68. The summed E-state index contributed by atoms with van der Waals surface area (Å²) in [6.07, 6.45) is 0.992. The van der Waals surface area contributed by atoms with E-state index in [0.29, 0.717) is 18.6 Å². The summed E-state index contributed by atoms with van der Waals surface area (Å²) in [5.41, 5.74) is 7.33. The molecule has 0 saturated carbocycles. The third kappa shape index (κ3) is 4.77. The molecule has 1 fully saturated rings. The second kappa shape index (κ2) is 8.47. The summed E-state index contributed by atoms with van der Waals surface area (Å²) in [4.78, 5) is 2.40. The molecule has 0 spiro atoms. The zero-order valence-corrected chi connectivity index (χ0v) is 14.0. The SMILES string of the molecule is CCCOc1cc(CN2CC(C)C(N)C2)ccc1OC.Cl. The van der Waals surface area contributed by atoms with Gasteiger partial charge < -0.3 is 15.2 Å². The Morgan fingerprint density at radius 1 is 1.29 bits per heavy atom. The minimum atomic E-state index is 0. The van der Waals surface area contributed by atoms with Crippen LogP contribution in [0.25, 0.3) is 0 Å². The third-order valence-corrected chi connectivity index (χ3v) is 3.84. The van der Waals surface area contributed by atoms with Gasteiger partial charge in [0.2, 0.25) is 0 Å². The molecule has 2 rings (SSSR count). The third-order valence-electron chi connectivity index (χ3n) is 3.84. The van der Waals surface area contributed by atoms with Gasteiger partial charge in [-0.05, 0) is 30.0 Å². The summed E-state index contributed by atoms with van der Waals surface area (Å²) in [5.74, 6) is 2.21. The van der Waals surface area contributed by atoms with E-state index in [1.165, 1.54) is 5.56 Å². The Labute approximate surface area is 134 Å². The molecule has 2 atom stereocenters. The van der Waals surface area contributed by atoms with Crippen LogP contribution >= 0.6 is 12.4 Å². The van der Waals surface area contributed by atoms with Crippen LogP contribution < -0.4 is 15.2 Å². The molecule has 0 aliphatic carbocycles. The van der Waals surface area contributed by atoms with Crippen LogP contribution in [0.3, 0.4) is 0 Å². The number of likely N-dealkylation sites (tertiary alicyclic amines) is 1. The molecule has 4 nitrogen and oxygen atoms in total. The highest BCUT2D eigenvalue weighted by molar-refractivity contribution is 5.85. The summed E-state index contributed by atoms with van der Waals surface area (Å²) >= 11 is 0. The number of halogens is 1. The van der Waals surface area contributed by atoms with Gasteiger partial charge in [-0.25, -0.2) is 0 Å². The molecule has 0 bridgehead atoms. The lowest BCUT2D eigenvalue weighted by molar-refractivity contribution is 0.291. The first-order chi connectivity index (χ1) is 9.63. The molecule has 21 heavy (non-hydrogen) atoms. The van der Waals surface area contributed by atoms with E-state index in [0.717, 1.165) is 37.6 Å². The van der Waals surface area contributed by atoms with E-state index in [1.807, 2.05) is 6.07 Å². The number of hydrogen-bond donors (Lipinski definition) is 1. The topological polar surface area (TPSA) is 47.7 Å². The number of benzene rings is 1. The average Bonchev–Trinajstić information content (AvgIpc) is 2.75. The van der Waals surface area contributed by atoms with E-state index in [-0.39, 0.29) is 12.4 Å². The molecule has 0 aromatic heterocycles. The molecule has 1 aromatic rings. The Hall–Kier alpha value is -0.970. The van der Waals surface area contributed by atoms with Crippen molar-refractivity contribution in [3.8, 4) is 11.5 Å². The van der Waals surface area contributed by atoms with Gasteiger partial charge in [0.05, 0.1) is 13.7 Å². The van der Waals surface area contributed by atoms with E-state index < -0.39 is 0 Å². The van der Waals surface area contributed by atoms with E-state index in [1.54, 1.807) is 7.11 Å². The highest BCUT2D eigenvalue weighted by atomic mass is 35.5. The number of rotatable bonds is 6. The van der Waals surface area contributed by atoms with Gasteiger partial charge in [-0.1, -0.05) is 19.9 Å². The van der Waals surface area contributed by atoms with Gasteiger partial charge in [0, 0.05) is 25.7 Å². The van der Waals surface area contributed by atoms with Gasteiger partial charge in [-0.2, -0.15) is 0 Å². The first kappa shape index (κ1) is 18.1. The molecule has 1 heterocycles. The highest BCUT2D eigenvalue weighted by Gasteiger charge is 2.26. The first-order valence-electron chi connectivity index (χ1n) is 7.41. The van der Waals surface area contributed by atoms with Crippen molar-refractivity contribution < 1.29 is 9.47 Å². The Bertz CT molecular complexity index is 432. The summed E-state index contributed by atoms with van der Waals surface area (Å²) in [6.45, 7) is 7.99. The molecule has 0 amide bonds. The van der Waals surface area contributed by atoms with Crippen LogP contribution in [0.1, 0.15) is 25.8 Å².